The molecular formula is C20H24N4O3. The number of hydrogen-bond donors (Lipinski definition) is 1. The van der Waals surface area contributed by atoms with Crippen molar-refractivity contribution in [2.75, 3.05) is 13.1 Å². The average Bonchev–Trinajstić information content (AvgIpc) is 3.48. The number of rotatable bonds is 7. The molecule has 1 aromatic rings. The normalized spacial score (nSPS) is 21.7. The first-order valence-electron chi connectivity index (χ1n) is 9.30. The summed E-state index contributed by atoms with van der Waals surface area (Å²) >= 11 is 0. The maximum Gasteiger partial charge on any atom is 0.325 e. The molecule has 2 aliphatic rings. The van der Waals surface area contributed by atoms with E-state index in [0.29, 0.717) is 18.7 Å². The highest BCUT2D eigenvalue weighted by Crippen LogP contribution is 2.42. The van der Waals surface area contributed by atoms with Crippen LogP contribution in [0, 0.1) is 17.2 Å². The third-order valence-electron chi connectivity index (χ3n) is 5.29. The Morgan fingerprint density at radius 3 is 2.56 bits per heavy atom. The fraction of sp³-hybridized carbons (Fsp3) is 0.500. The maximum atomic E-state index is 12.8. The lowest BCUT2D eigenvalue weighted by molar-refractivity contribution is -0.139. The van der Waals surface area contributed by atoms with E-state index in [4.69, 9.17) is 5.26 Å². The summed E-state index contributed by atoms with van der Waals surface area (Å²) in [6, 6.07) is 8.62. The number of urea groups is 1. The third-order valence-corrected chi connectivity index (χ3v) is 5.29. The smallest absolute Gasteiger partial charge is 0.325 e. The summed E-state index contributed by atoms with van der Waals surface area (Å²) in [5.74, 6) is -0.401. The Kier molecular flexibility index (Phi) is 5.17. The predicted octanol–water partition coefficient (Wildman–Crippen LogP) is 2.02. The second kappa shape index (κ2) is 7.39. The van der Waals surface area contributed by atoms with Crippen molar-refractivity contribution in [2.45, 2.75) is 45.2 Å². The van der Waals surface area contributed by atoms with Crippen LogP contribution in [0.4, 0.5) is 4.79 Å². The maximum absolute atomic E-state index is 12.8. The molecule has 1 aliphatic heterocycles. The number of nitrogens with zero attached hydrogens (tertiary/aromatic N) is 3. The van der Waals surface area contributed by atoms with Gasteiger partial charge >= 0.3 is 6.03 Å². The zero-order valence-electron chi connectivity index (χ0n) is 15.7. The van der Waals surface area contributed by atoms with Crippen LogP contribution < -0.4 is 5.32 Å². The number of nitrogens with one attached hydrogen (secondary N) is 1. The molecule has 1 saturated carbocycles. The quantitative estimate of drug-likeness (QED) is 0.745. The van der Waals surface area contributed by atoms with E-state index in [2.05, 4.69) is 11.4 Å². The van der Waals surface area contributed by atoms with Crippen LogP contribution in [0.25, 0.3) is 0 Å². The van der Waals surface area contributed by atoms with Gasteiger partial charge in [0.1, 0.15) is 12.1 Å². The Morgan fingerprint density at radius 2 is 2.00 bits per heavy atom. The molecule has 27 heavy (non-hydrogen) atoms. The number of imide groups is 1. The molecule has 1 N–H and O–H groups in total. The lowest BCUT2D eigenvalue weighted by Crippen LogP contribution is -2.47. The van der Waals surface area contributed by atoms with E-state index in [-0.39, 0.29) is 24.3 Å². The second-order valence-electron chi connectivity index (χ2n) is 7.42. The molecule has 1 unspecified atom stereocenters. The standard InChI is InChI=1S/C20H24N4O3/c1-3-10-23(12-15-6-4-14(11-21)5-7-15)17(25)13-24-18(26)20(2,16-8-9-16)22-19(24)27/h4-7,16H,3,8-10,12-13H2,1-2H3,(H,22,27). The zero-order valence-corrected chi connectivity index (χ0v) is 15.7. The van der Waals surface area contributed by atoms with Gasteiger partial charge in [0.25, 0.3) is 5.91 Å². The van der Waals surface area contributed by atoms with Crippen molar-refractivity contribution in [3.63, 3.8) is 0 Å². The average molecular weight is 368 g/mol. The van der Waals surface area contributed by atoms with Gasteiger partial charge in [0.2, 0.25) is 5.91 Å². The minimum Gasteiger partial charge on any atom is -0.337 e. The molecule has 7 heteroatoms. The van der Waals surface area contributed by atoms with E-state index in [1.165, 1.54) is 0 Å². The third kappa shape index (κ3) is 3.80. The van der Waals surface area contributed by atoms with Crippen molar-refractivity contribution in [1.29, 1.82) is 5.26 Å². The topological polar surface area (TPSA) is 93.5 Å². The fourth-order valence-electron chi connectivity index (χ4n) is 3.50. The number of carbonyl (C=O) groups excluding carboxylic acids is 3. The van der Waals surface area contributed by atoms with Crippen molar-refractivity contribution in [2.24, 2.45) is 5.92 Å². The van der Waals surface area contributed by atoms with Crippen LogP contribution in [0.2, 0.25) is 0 Å². The van der Waals surface area contributed by atoms with Crippen LogP contribution >= 0.6 is 0 Å². The fourth-order valence-corrected chi connectivity index (χ4v) is 3.50. The SMILES string of the molecule is CCCN(Cc1ccc(C#N)cc1)C(=O)CN1C(=O)NC(C)(C2CC2)C1=O. The molecule has 0 bridgehead atoms. The summed E-state index contributed by atoms with van der Waals surface area (Å²) in [6.45, 7) is 4.38. The summed E-state index contributed by atoms with van der Waals surface area (Å²) in [4.78, 5) is 40.5. The molecule has 0 radical (unpaired) electrons. The molecular weight excluding hydrogens is 344 g/mol. The van der Waals surface area contributed by atoms with E-state index in [1.807, 2.05) is 19.1 Å². The van der Waals surface area contributed by atoms with Gasteiger partial charge in [0, 0.05) is 13.1 Å². The van der Waals surface area contributed by atoms with Gasteiger partial charge in [0.15, 0.2) is 0 Å². The Labute approximate surface area is 158 Å². The molecule has 2 fully saturated rings. The van der Waals surface area contributed by atoms with E-state index in [9.17, 15) is 14.4 Å². The number of hydrogen-bond acceptors (Lipinski definition) is 4. The van der Waals surface area contributed by atoms with Gasteiger partial charge in [0.05, 0.1) is 11.6 Å². The lowest BCUT2D eigenvalue weighted by Gasteiger charge is -2.25. The molecule has 1 atom stereocenters. The van der Waals surface area contributed by atoms with E-state index in [0.717, 1.165) is 29.7 Å². The minimum atomic E-state index is -0.875. The lowest BCUT2D eigenvalue weighted by atomic mass is 9.96. The van der Waals surface area contributed by atoms with E-state index < -0.39 is 11.6 Å². The van der Waals surface area contributed by atoms with Crippen molar-refractivity contribution >= 4 is 17.8 Å². The Balaban J connectivity index is 1.68. The van der Waals surface area contributed by atoms with Gasteiger partial charge in [-0.25, -0.2) is 4.79 Å². The van der Waals surface area contributed by atoms with Crippen LogP contribution in [0.1, 0.15) is 44.2 Å². The van der Waals surface area contributed by atoms with Gasteiger partial charge in [-0.3, -0.25) is 14.5 Å². The first-order chi connectivity index (χ1) is 12.9. The summed E-state index contributed by atoms with van der Waals surface area (Å²) in [6.07, 6.45) is 2.61. The van der Waals surface area contributed by atoms with Gasteiger partial charge in [-0.1, -0.05) is 19.1 Å². The first kappa shape index (κ1) is 18.9. The first-order valence-corrected chi connectivity index (χ1v) is 9.30. The molecule has 1 aliphatic carbocycles. The zero-order chi connectivity index (χ0) is 19.6. The minimum absolute atomic E-state index is 0.166. The molecule has 1 aromatic carbocycles. The summed E-state index contributed by atoms with van der Waals surface area (Å²) in [7, 11) is 0. The predicted molar refractivity (Wildman–Crippen MR) is 98.2 cm³/mol. The molecule has 4 amide bonds. The van der Waals surface area contributed by atoms with E-state index in [1.54, 1.807) is 24.0 Å². The molecule has 1 heterocycles. The van der Waals surface area contributed by atoms with Crippen molar-refractivity contribution in [1.82, 2.24) is 15.1 Å². The molecule has 1 saturated heterocycles. The van der Waals surface area contributed by atoms with Crippen LogP contribution in [-0.4, -0.2) is 46.3 Å². The highest BCUT2D eigenvalue weighted by Gasteiger charge is 2.56. The van der Waals surface area contributed by atoms with Crippen LogP contribution in [0.5, 0.6) is 0 Å². The molecule has 3 rings (SSSR count). The Hall–Kier alpha value is -2.88. The van der Waals surface area contributed by atoms with Crippen molar-refractivity contribution in [3.05, 3.63) is 35.4 Å². The van der Waals surface area contributed by atoms with Gasteiger partial charge in [-0.05, 0) is 49.8 Å². The Morgan fingerprint density at radius 1 is 1.33 bits per heavy atom. The Bertz CT molecular complexity index is 794. The van der Waals surface area contributed by atoms with E-state index >= 15 is 0 Å². The molecule has 0 spiro atoms. The summed E-state index contributed by atoms with van der Waals surface area (Å²) < 4.78 is 0. The number of nitriles is 1. The van der Waals surface area contributed by atoms with Crippen molar-refractivity contribution in [3.8, 4) is 6.07 Å². The largest absolute Gasteiger partial charge is 0.337 e. The van der Waals surface area contributed by atoms with Crippen molar-refractivity contribution < 1.29 is 14.4 Å². The van der Waals surface area contributed by atoms with Gasteiger partial charge in [-0.2, -0.15) is 5.26 Å². The van der Waals surface area contributed by atoms with Gasteiger partial charge in [-0.15, -0.1) is 0 Å². The highest BCUT2D eigenvalue weighted by atomic mass is 16.2. The van der Waals surface area contributed by atoms with Crippen LogP contribution in [0.15, 0.2) is 24.3 Å². The van der Waals surface area contributed by atoms with Crippen LogP contribution in [-0.2, 0) is 16.1 Å². The molecule has 142 valence electrons. The summed E-state index contributed by atoms with van der Waals surface area (Å²) in [5, 5.41) is 11.7. The molecule has 0 aromatic heterocycles. The highest BCUT2D eigenvalue weighted by molar-refractivity contribution is 6.09. The second-order valence-corrected chi connectivity index (χ2v) is 7.42. The number of amides is 4. The molecule has 7 nitrogen and oxygen atoms in total. The monoisotopic (exact) mass is 368 g/mol. The number of carbonyl (C=O) groups is 3. The van der Waals surface area contributed by atoms with Gasteiger partial charge < -0.3 is 10.2 Å². The number of benzene rings is 1. The van der Waals surface area contributed by atoms with Crippen LogP contribution in [0.3, 0.4) is 0 Å². The summed E-state index contributed by atoms with van der Waals surface area (Å²) in [5.41, 5.74) is 0.585.